The van der Waals surface area contributed by atoms with Crippen molar-refractivity contribution in [2.24, 2.45) is 0 Å². The van der Waals surface area contributed by atoms with E-state index in [0.29, 0.717) is 30.4 Å². The van der Waals surface area contributed by atoms with E-state index in [9.17, 15) is 9.59 Å². The minimum atomic E-state index is -0.749. The number of carbonyl (C=O) groups excluding carboxylic acids is 2. The lowest BCUT2D eigenvalue weighted by atomic mass is 10.1. The molecule has 172 valence electrons. The standard InChI is InChI=1S/C25H26N2O4S2/c28-23(16-19-7-3-13-32-19)27(18-9-10-20-21(15-18)31-12-11-30-20)24(22-8-4-14-33-22)25(29)26-17-5-1-2-6-17/h3-4,7-10,13-15,17,24H,1-2,5-6,11-12,16H2,(H,26,29)/t24-/m1/s1. The Balaban J connectivity index is 1.54. The number of thiophene rings is 2. The lowest BCUT2D eigenvalue weighted by Crippen LogP contribution is -2.46. The molecule has 1 aromatic carbocycles. The number of anilines is 1. The molecule has 2 aliphatic rings. The van der Waals surface area contributed by atoms with E-state index in [4.69, 9.17) is 9.47 Å². The van der Waals surface area contributed by atoms with Crippen LogP contribution >= 0.6 is 22.7 Å². The zero-order valence-electron chi connectivity index (χ0n) is 18.2. The third-order valence-electron chi connectivity index (χ3n) is 6.00. The number of nitrogens with zero attached hydrogens (tertiary/aromatic N) is 1. The summed E-state index contributed by atoms with van der Waals surface area (Å²) >= 11 is 3.03. The van der Waals surface area contributed by atoms with Crippen molar-refractivity contribution >= 4 is 40.2 Å². The van der Waals surface area contributed by atoms with Crippen molar-refractivity contribution in [2.45, 2.75) is 44.2 Å². The number of fused-ring (bicyclic) bond motifs is 1. The Bertz CT molecular complexity index is 1090. The Kier molecular flexibility index (Phi) is 6.64. The van der Waals surface area contributed by atoms with Gasteiger partial charge in [-0.3, -0.25) is 14.5 Å². The van der Waals surface area contributed by atoms with Gasteiger partial charge in [0.15, 0.2) is 11.5 Å². The summed E-state index contributed by atoms with van der Waals surface area (Å²) in [6, 6.07) is 12.6. The van der Waals surface area contributed by atoms with Crippen molar-refractivity contribution < 1.29 is 19.1 Å². The van der Waals surface area contributed by atoms with Crippen LogP contribution in [0.25, 0.3) is 0 Å². The van der Waals surface area contributed by atoms with Gasteiger partial charge < -0.3 is 14.8 Å². The number of nitrogens with one attached hydrogen (secondary N) is 1. The molecule has 2 aromatic heterocycles. The highest BCUT2D eigenvalue weighted by atomic mass is 32.1. The Labute approximate surface area is 201 Å². The number of ether oxygens (including phenoxy) is 2. The second-order valence-corrected chi connectivity index (χ2v) is 10.3. The third kappa shape index (κ3) is 4.91. The van der Waals surface area contributed by atoms with Crippen molar-refractivity contribution in [3.8, 4) is 11.5 Å². The maximum atomic E-state index is 13.7. The van der Waals surface area contributed by atoms with Gasteiger partial charge in [0, 0.05) is 27.5 Å². The molecule has 3 aromatic rings. The average molecular weight is 483 g/mol. The third-order valence-corrected chi connectivity index (χ3v) is 7.80. The molecule has 1 aliphatic heterocycles. The molecule has 0 spiro atoms. The molecular weight excluding hydrogens is 456 g/mol. The first-order valence-corrected chi connectivity index (χ1v) is 13.0. The average Bonchev–Trinajstić information content (AvgIpc) is 3.61. The van der Waals surface area contributed by atoms with Crippen molar-refractivity contribution in [1.29, 1.82) is 0 Å². The van der Waals surface area contributed by atoms with Crippen LogP contribution in [0.5, 0.6) is 11.5 Å². The van der Waals surface area contributed by atoms with Crippen LogP contribution in [0.15, 0.2) is 53.2 Å². The molecule has 8 heteroatoms. The SMILES string of the molecule is O=C(NC1CCCC1)[C@@H](c1cccs1)N(C(=O)Cc1cccs1)c1ccc2c(c1)OCCO2. The fourth-order valence-corrected chi connectivity index (χ4v) is 5.95. The summed E-state index contributed by atoms with van der Waals surface area (Å²) < 4.78 is 11.4. The number of carbonyl (C=O) groups is 2. The molecule has 0 radical (unpaired) electrons. The first-order valence-electron chi connectivity index (χ1n) is 11.3. The highest BCUT2D eigenvalue weighted by molar-refractivity contribution is 7.10. The molecule has 5 rings (SSSR count). The van der Waals surface area contributed by atoms with E-state index < -0.39 is 6.04 Å². The predicted octanol–water partition coefficient (Wildman–Crippen LogP) is 4.96. The normalized spacial score (nSPS) is 16.4. The largest absolute Gasteiger partial charge is 0.486 e. The summed E-state index contributed by atoms with van der Waals surface area (Å²) in [6.45, 7) is 0.950. The van der Waals surface area contributed by atoms with Gasteiger partial charge in [0.05, 0.1) is 6.42 Å². The van der Waals surface area contributed by atoms with Gasteiger partial charge in [-0.1, -0.05) is 25.0 Å². The van der Waals surface area contributed by atoms with Crippen molar-refractivity contribution in [2.75, 3.05) is 18.1 Å². The summed E-state index contributed by atoms with van der Waals surface area (Å²) in [6.07, 6.45) is 4.44. The summed E-state index contributed by atoms with van der Waals surface area (Å²) in [5.74, 6) is 0.973. The summed E-state index contributed by atoms with van der Waals surface area (Å²) in [5.41, 5.74) is 0.626. The van der Waals surface area contributed by atoms with Crippen LogP contribution in [0, 0.1) is 0 Å². The smallest absolute Gasteiger partial charge is 0.248 e. The van der Waals surface area contributed by atoms with Crippen LogP contribution < -0.4 is 19.7 Å². The molecule has 1 atom stereocenters. The van der Waals surface area contributed by atoms with Gasteiger partial charge in [0.25, 0.3) is 0 Å². The molecule has 2 amide bonds. The molecule has 0 bridgehead atoms. The maximum Gasteiger partial charge on any atom is 0.248 e. The van der Waals surface area contributed by atoms with Gasteiger partial charge in [0.1, 0.15) is 19.3 Å². The number of rotatable bonds is 7. The van der Waals surface area contributed by atoms with Crippen LogP contribution in [0.4, 0.5) is 5.69 Å². The van der Waals surface area contributed by atoms with Crippen molar-refractivity contribution in [3.63, 3.8) is 0 Å². The van der Waals surface area contributed by atoms with E-state index in [1.54, 1.807) is 16.2 Å². The second-order valence-electron chi connectivity index (χ2n) is 8.26. The van der Waals surface area contributed by atoms with E-state index >= 15 is 0 Å². The van der Waals surface area contributed by atoms with Gasteiger partial charge in [-0.2, -0.15) is 0 Å². The highest BCUT2D eigenvalue weighted by Gasteiger charge is 2.35. The van der Waals surface area contributed by atoms with Gasteiger partial charge in [-0.05, 0) is 47.9 Å². The fourth-order valence-electron chi connectivity index (χ4n) is 4.44. The van der Waals surface area contributed by atoms with Gasteiger partial charge in [0.2, 0.25) is 11.8 Å². The van der Waals surface area contributed by atoms with Crippen LogP contribution in [-0.2, 0) is 16.0 Å². The summed E-state index contributed by atoms with van der Waals surface area (Å²) in [5, 5.41) is 7.11. The van der Waals surface area contributed by atoms with E-state index in [2.05, 4.69) is 5.32 Å². The monoisotopic (exact) mass is 482 g/mol. The van der Waals surface area contributed by atoms with Gasteiger partial charge in [-0.15, -0.1) is 22.7 Å². The Morgan fingerprint density at radius 1 is 1.00 bits per heavy atom. The van der Waals surface area contributed by atoms with E-state index in [1.165, 1.54) is 11.3 Å². The quantitative estimate of drug-likeness (QED) is 0.517. The van der Waals surface area contributed by atoms with Crippen LogP contribution in [0.1, 0.15) is 41.5 Å². The van der Waals surface area contributed by atoms with Crippen molar-refractivity contribution in [1.82, 2.24) is 5.32 Å². The number of hydrogen-bond acceptors (Lipinski definition) is 6. The minimum Gasteiger partial charge on any atom is -0.486 e. The van der Waals surface area contributed by atoms with E-state index in [1.807, 2.05) is 53.2 Å². The van der Waals surface area contributed by atoms with Gasteiger partial charge in [-0.25, -0.2) is 0 Å². The first-order chi connectivity index (χ1) is 16.2. The lowest BCUT2D eigenvalue weighted by Gasteiger charge is -2.32. The second kappa shape index (κ2) is 9.97. The molecule has 6 nitrogen and oxygen atoms in total. The Morgan fingerprint density at radius 2 is 1.76 bits per heavy atom. The zero-order valence-corrected chi connectivity index (χ0v) is 19.8. The minimum absolute atomic E-state index is 0.130. The van der Waals surface area contributed by atoms with Crippen LogP contribution in [-0.4, -0.2) is 31.1 Å². The highest BCUT2D eigenvalue weighted by Crippen LogP contribution is 2.38. The van der Waals surface area contributed by atoms with Crippen LogP contribution in [0.3, 0.4) is 0 Å². The molecule has 1 N–H and O–H groups in total. The predicted molar refractivity (Wildman–Crippen MR) is 130 cm³/mol. The lowest BCUT2D eigenvalue weighted by molar-refractivity contribution is -0.126. The van der Waals surface area contributed by atoms with Gasteiger partial charge >= 0.3 is 0 Å². The number of hydrogen-bond donors (Lipinski definition) is 1. The maximum absolute atomic E-state index is 13.7. The number of amides is 2. The van der Waals surface area contributed by atoms with E-state index in [-0.39, 0.29) is 24.3 Å². The molecule has 33 heavy (non-hydrogen) atoms. The molecule has 0 unspecified atom stereocenters. The molecule has 0 saturated heterocycles. The fraction of sp³-hybridized carbons (Fsp3) is 0.360. The summed E-state index contributed by atoms with van der Waals surface area (Å²) in [7, 11) is 0. The molecule has 1 saturated carbocycles. The summed E-state index contributed by atoms with van der Waals surface area (Å²) in [4.78, 5) is 30.8. The molecule has 3 heterocycles. The Morgan fingerprint density at radius 3 is 2.48 bits per heavy atom. The molecule has 1 aliphatic carbocycles. The van der Waals surface area contributed by atoms with Crippen LogP contribution in [0.2, 0.25) is 0 Å². The Hall–Kier alpha value is -2.84. The first kappa shape index (κ1) is 22.0. The van der Waals surface area contributed by atoms with E-state index in [0.717, 1.165) is 35.4 Å². The topological polar surface area (TPSA) is 67.9 Å². The number of benzene rings is 1. The van der Waals surface area contributed by atoms with Crippen molar-refractivity contribution in [3.05, 3.63) is 63.0 Å². The zero-order chi connectivity index (χ0) is 22.6. The molecule has 1 fully saturated rings. The molecular formula is C25H26N2O4S2.